The summed E-state index contributed by atoms with van der Waals surface area (Å²) in [5.74, 6) is -2.50. The molecule has 0 aliphatic heterocycles. The molecule has 8 aromatic rings. The number of amides is 7. The maximum atomic E-state index is 12.8. The normalized spacial score (nSPS) is 12.2. The number of urea groups is 1. The van der Waals surface area contributed by atoms with Gasteiger partial charge in [0.2, 0.25) is 25.7 Å². The number of benzene rings is 8. The van der Waals surface area contributed by atoms with Gasteiger partial charge in [0.15, 0.2) is 0 Å². The predicted octanol–water partition coefficient (Wildman–Crippen LogP) is 10.9. The third-order valence-corrected chi connectivity index (χ3v) is 17.2. The Morgan fingerprint density at radius 2 is 0.781 bits per heavy atom. The second-order valence-corrected chi connectivity index (χ2v) is 26.4. The van der Waals surface area contributed by atoms with Crippen molar-refractivity contribution in [1.82, 2.24) is 47.3 Å². The van der Waals surface area contributed by atoms with Crippen LogP contribution in [0.5, 0.6) is 0 Å². The molecule has 7 amide bonds. The summed E-state index contributed by atoms with van der Waals surface area (Å²) in [5, 5.41) is 43.1. The number of para-hydroxylation sites is 1. The van der Waals surface area contributed by atoms with E-state index in [0.717, 1.165) is 27.8 Å². The summed E-state index contributed by atoms with van der Waals surface area (Å²) in [6.45, 7) is 22.1. The third kappa shape index (κ3) is 23.8. The van der Waals surface area contributed by atoms with E-state index in [4.69, 9.17) is 27.4 Å². The molecule has 0 radical (unpaired) electrons. The van der Waals surface area contributed by atoms with Crippen molar-refractivity contribution >= 4 is 61.3 Å². The summed E-state index contributed by atoms with van der Waals surface area (Å²) in [7, 11) is -7.35. The number of carbonyl (C=O) groups is 6. The number of hydroxylamine groups is 4. The van der Waals surface area contributed by atoms with Gasteiger partial charge in [0.05, 0.1) is 29.3 Å². The highest BCUT2D eigenvalue weighted by Gasteiger charge is 2.24. The molecule has 504 valence electrons. The van der Waals surface area contributed by atoms with E-state index < -0.39 is 55.8 Å². The lowest BCUT2D eigenvalue weighted by Gasteiger charge is -2.23. The number of hydrogen-bond acceptors (Lipinski definition) is 14. The molecule has 0 bridgehead atoms. The molecule has 13 N–H and O–H groups in total. The van der Waals surface area contributed by atoms with E-state index in [1.54, 1.807) is 139 Å². The fraction of sp³-hybridized carbons (Fsp3) is 0.214. The average molecular weight is 1350 g/mol. The minimum atomic E-state index is -3.86. The Labute approximate surface area is 558 Å². The molecule has 4 atom stereocenters. The molecule has 3 unspecified atom stereocenters. The van der Waals surface area contributed by atoms with Crippen LogP contribution in [0, 0.1) is 12.5 Å². The summed E-state index contributed by atoms with van der Waals surface area (Å²) in [6.07, 6.45) is 0. The first-order chi connectivity index (χ1) is 45.5. The molecule has 0 aliphatic carbocycles. The van der Waals surface area contributed by atoms with E-state index >= 15 is 0 Å². The highest BCUT2D eigenvalue weighted by Crippen LogP contribution is 2.27. The Hall–Kier alpha value is -10.5. The highest BCUT2D eigenvalue weighted by molar-refractivity contribution is 7.89. The number of nitrogens with zero attached hydrogens (tertiary/aromatic N) is 1. The largest absolute Gasteiger partial charge is 0.345 e. The molecule has 0 aromatic heterocycles. The van der Waals surface area contributed by atoms with Gasteiger partial charge in [0.1, 0.15) is 0 Å². The molecule has 26 heteroatoms. The number of hydrogen-bond donors (Lipinski definition) is 13. The van der Waals surface area contributed by atoms with Crippen molar-refractivity contribution in [1.29, 1.82) is 0 Å². The van der Waals surface area contributed by atoms with E-state index in [9.17, 15) is 45.6 Å². The van der Waals surface area contributed by atoms with Crippen LogP contribution in [0.3, 0.4) is 0 Å². The summed E-state index contributed by atoms with van der Waals surface area (Å²) >= 11 is 0. The van der Waals surface area contributed by atoms with Crippen LogP contribution in [-0.2, 0) is 25.8 Å². The van der Waals surface area contributed by atoms with Gasteiger partial charge in [-0.25, -0.2) is 57.8 Å². The zero-order valence-electron chi connectivity index (χ0n) is 53.9. The molecule has 0 saturated carbocycles. The van der Waals surface area contributed by atoms with Crippen molar-refractivity contribution < 1.29 is 66.4 Å². The summed E-state index contributed by atoms with van der Waals surface area (Å²) in [6, 6.07) is 56.6. The van der Waals surface area contributed by atoms with Gasteiger partial charge in [-0.1, -0.05) is 159 Å². The molecule has 0 fully saturated rings. The Bertz CT molecular complexity index is 4160. The first kappa shape index (κ1) is 76.2. The smallest absolute Gasteiger partial charge is 0.315 e. The maximum absolute atomic E-state index is 12.8. The lowest BCUT2D eigenvalue weighted by molar-refractivity contribution is 0.0702. The monoisotopic (exact) mass is 1350 g/mol. The maximum Gasteiger partial charge on any atom is 0.315 e. The van der Waals surface area contributed by atoms with E-state index in [1.807, 2.05) is 102 Å². The van der Waals surface area contributed by atoms with Crippen molar-refractivity contribution in [2.75, 3.05) is 0 Å². The van der Waals surface area contributed by atoms with Crippen LogP contribution in [0.2, 0.25) is 0 Å². The quantitative estimate of drug-likeness (QED) is 0.0192. The van der Waals surface area contributed by atoms with Crippen LogP contribution in [0.4, 0.5) is 10.5 Å². The van der Waals surface area contributed by atoms with Crippen LogP contribution in [0.1, 0.15) is 159 Å². The lowest BCUT2D eigenvalue weighted by atomic mass is 9.94. The van der Waals surface area contributed by atoms with Crippen molar-refractivity contribution in [3.05, 3.63) is 273 Å². The first-order valence-electron chi connectivity index (χ1n) is 29.8. The van der Waals surface area contributed by atoms with Gasteiger partial charge < -0.3 is 16.0 Å². The highest BCUT2D eigenvalue weighted by atomic mass is 32.2. The third-order valence-electron chi connectivity index (χ3n) is 14.2. The first-order valence-corrected chi connectivity index (χ1v) is 32.9. The molecule has 0 saturated heterocycles. The van der Waals surface area contributed by atoms with Gasteiger partial charge in [-0.3, -0.25) is 44.8 Å². The molecule has 0 heterocycles. The van der Waals surface area contributed by atoms with E-state index in [1.165, 1.54) is 41.9 Å². The molecule has 0 aliphatic rings. The number of sulfonamides is 2. The van der Waals surface area contributed by atoms with Crippen LogP contribution in [-0.4, -0.2) is 78.8 Å². The van der Waals surface area contributed by atoms with Gasteiger partial charge >= 0.3 is 6.03 Å². The zero-order chi connectivity index (χ0) is 70.8. The Kier molecular flexibility index (Phi) is 28.8. The average Bonchev–Trinajstić information content (AvgIpc) is 0.861. The zero-order valence-corrected chi connectivity index (χ0v) is 55.5. The molecular weight excluding hydrogens is 1270 g/mol. The van der Waals surface area contributed by atoms with Gasteiger partial charge in [0.25, 0.3) is 29.5 Å². The number of nitrogens with one attached hydrogen (secondary N) is 9. The minimum absolute atomic E-state index is 0.0483. The fourth-order valence-electron chi connectivity index (χ4n) is 9.14. The van der Waals surface area contributed by atoms with Crippen LogP contribution >= 0.6 is 0 Å². The standard InChI is InChI=1S/C24H24N2O3.C16H15N3O4S.C16H18N2O4S.C14H21N3O3/c1-16(2)22(19-10-14-21(15-11-19)24(28)26-29)25-23(27)20-12-8-18(9-13-20)17-6-4-3-5-7-17;1-11(12-7-9-13(10-8-12)16(20)18-21)19-24(22,23)15-6-4-3-5-14(15)17-2;1-12(14-7-9-15(10-8-14)16(19)17-20)18-23(21,22)11-13-5-3-2-4-6-13;1-9(15-13(19)16-14(2,3)4)10-5-7-11(8-6-10)12(18)17-20/h3-16,22,29H,1-2H3,(H,25,27)(H,26,28);3-11,19,21H,1H3,(H,18,20);2-10,12,18,20H,11H2,1H3,(H,17,19);5-9,20H,1-4H3,(H,17,18)(H2,15,16,19)/t22-;;;/m1.../s1. The van der Waals surface area contributed by atoms with Crippen LogP contribution < -0.4 is 47.3 Å². The van der Waals surface area contributed by atoms with E-state index in [2.05, 4.69) is 30.2 Å². The van der Waals surface area contributed by atoms with Crippen LogP contribution in [0.25, 0.3) is 16.0 Å². The predicted molar refractivity (Wildman–Crippen MR) is 362 cm³/mol. The van der Waals surface area contributed by atoms with Gasteiger partial charge in [-0.05, 0) is 147 Å². The van der Waals surface area contributed by atoms with Crippen molar-refractivity contribution in [3.8, 4) is 11.1 Å². The Morgan fingerprint density at radius 3 is 1.19 bits per heavy atom. The summed E-state index contributed by atoms with van der Waals surface area (Å²) < 4.78 is 54.4. The summed E-state index contributed by atoms with van der Waals surface area (Å²) in [5.41, 5.74) is 13.8. The van der Waals surface area contributed by atoms with Gasteiger partial charge in [-0.2, -0.15) is 0 Å². The fourth-order valence-corrected chi connectivity index (χ4v) is 11.9. The summed E-state index contributed by atoms with van der Waals surface area (Å²) in [4.78, 5) is 72.9. The second kappa shape index (κ2) is 36.3. The van der Waals surface area contributed by atoms with Crippen molar-refractivity contribution in [2.24, 2.45) is 5.92 Å². The van der Waals surface area contributed by atoms with Crippen molar-refractivity contribution in [2.45, 2.75) is 95.7 Å². The second-order valence-electron chi connectivity index (χ2n) is 23.0. The van der Waals surface area contributed by atoms with Gasteiger partial charge in [-0.15, -0.1) is 0 Å². The van der Waals surface area contributed by atoms with Gasteiger partial charge in [0, 0.05) is 45.4 Å². The van der Waals surface area contributed by atoms with E-state index in [0.29, 0.717) is 27.8 Å². The topological polar surface area (TPSA) is 364 Å². The molecular formula is C70H78N10O14S2. The molecule has 0 spiro atoms. The molecule has 96 heavy (non-hydrogen) atoms. The SMILES string of the molecule is CC(C)[C@@H](NC(=O)c1ccc(-c2ccccc2)cc1)c1ccc(C(=O)NO)cc1.CC(NC(=O)NC(C)(C)C)c1ccc(C(=O)NO)cc1.CC(NS(=O)(=O)Cc1ccccc1)c1ccc(C(=O)NO)cc1.[C-]#[N+]c1ccccc1S(=O)(=O)NC(C)c1ccc(C(=O)NO)cc1. The lowest BCUT2D eigenvalue weighted by Crippen LogP contribution is -2.47. The molecule has 24 nitrogen and oxygen atoms in total. The number of carbonyl (C=O) groups excluding carboxylic acids is 6. The molecule has 8 aromatic carbocycles. The van der Waals surface area contributed by atoms with Crippen LogP contribution in [0.15, 0.2) is 211 Å². The van der Waals surface area contributed by atoms with E-state index in [-0.39, 0.29) is 62.9 Å². The number of rotatable bonds is 20. The Morgan fingerprint density at radius 1 is 0.427 bits per heavy atom. The molecule has 8 rings (SSSR count). The minimum Gasteiger partial charge on any atom is -0.345 e. The van der Waals surface area contributed by atoms with Crippen molar-refractivity contribution in [3.63, 3.8) is 0 Å². The Balaban J connectivity index is 0.000000234.